The van der Waals surface area contributed by atoms with Crippen molar-refractivity contribution in [2.75, 3.05) is 25.1 Å². The van der Waals surface area contributed by atoms with Crippen LogP contribution in [-0.4, -0.2) is 32.0 Å². The van der Waals surface area contributed by atoms with Crippen molar-refractivity contribution in [3.05, 3.63) is 60.2 Å². The van der Waals surface area contributed by atoms with Crippen LogP contribution in [0.25, 0.3) is 0 Å². The summed E-state index contributed by atoms with van der Waals surface area (Å²) >= 11 is 0. The minimum Gasteiger partial charge on any atom is -0.497 e. The van der Waals surface area contributed by atoms with Crippen molar-refractivity contribution in [2.45, 2.75) is 90.4 Å². The number of nitrogens with zero attached hydrogens (tertiary/aromatic N) is 1. The first kappa shape index (κ1) is 29.4. The number of methoxy groups -OCH3 is 1. The van der Waals surface area contributed by atoms with E-state index in [0.29, 0.717) is 31.5 Å². The quantitative estimate of drug-likeness (QED) is 0.205. The Morgan fingerprint density at radius 3 is 1.92 bits per heavy atom. The standard InChI is InChI=1S/C31H46N2O3/c1-3-4-5-6-7-8-9-10-11-12-16-20-30(34)32-25-17-26-33(28-18-14-13-15-19-28)31(35)27-21-23-29(36-2)24-22-27/h13-15,18-19,21-24H,3-12,16-17,20,25-26H2,1-2H3,(H,32,34). The Hall–Kier alpha value is -2.82. The van der Waals surface area contributed by atoms with Crippen LogP contribution in [0.2, 0.25) is 0 Å². The highest BCUT2D eigenvalue weighted by atomic mass is 16.5. The molecule has 0 aliphatic carbocycles. The van der Waals surface area contributed by atoms with Crippen LogP contribution in [0.15, 0.2) is 54.6 Å². The van der Waals surface area contributed by atoms with Crippen molar-refractivity contribution >= 4 is 17.5 Å². The van der Waals surface area contributed by atoms with Gasteiger partial charge in [-0.2, -0.15) is 0 Å². The number of amides is 2. The molecule has 0 aliphatic heterocycles. The smallest absolute Gasteiger partial charge is 0.258 e. The fourth-order valence-corrected chi connectivity index (χ4v) is 4.35. The van der Waals surface area contributed by atoms with Gasteiger partial charge in [-0.15, -0.1) is 0 Å². The second kappa shape index (κ2) is 18.4. The first-order valence-corrected chi connectivity index (χ1v) is 13.9. The summed E-state index contributed by atoms with van der Waals surface area (Å²) in [6.07, 6.45) is 15.4. The zero-order valence-electron chi connectivity index (χ0n) is 22.5. The van der Waals surface area contributed by atoms with Crippen LogP contribution in [0.4, 0.5) is 5.69 Å². The predicted molar refractivity (Wildman–Crippen MR) is 150 cm³/mol. The van der Waals surface area contributed by atoms with Crippen LogP contribution in [0.5, 0.6) is 5.75 Å². The lowest BCUT2D eigenvalue weighted by Crippen LogP contribution is -2.34. The van der Waals surface area contributed by atoms with E-state index < -0.39 is 0 Å². The summed E-state index contributed by atoms with van der Waals surface area (Å²) in [5.41, 5.74) is 1.46. The number of unbranched alkanes of at least 4 members (excludes halogenated alkanes) is 10. The van der Waals surface area contributed by atoms with Crippen LogP contribution in [-0.2, 0) is 4.79 Å². The molecule has 1 N–H and O–H groups in total. The Bertz CT molecular complexity index is 852. The molecule has 0 aliphatic rings. The Morgan fingerprint density at radius 1 is 0.750 bits per heavy atom. The van der Waals surface area contributed by atoms with Gasteiger partial charge in [0.05, 0.1) is 7.11 Å². The lowest BCUT2D eigenvalue weighted by Gasteiger charge is -2.23. The van der Waals surface area contributed by atoms with Gasteiger partial charge in [-0.1, -0.05) is 89.3 Å². The van der Waals surface area contributed by atoms with Crippen LogP contribution >= 0.6 is 0 Å². The molecule has 0 fully saturated rings. The molecule has 5 nitrogen and oxygen atoms in total. The molecule has 0 saturated carbocycles. The van der Waals surface area contributed by atoms with E-state index in [9.17, 15) is 9.59 Å². The van der Waals surface area contributed by atoms with Crippen molar-refractivity contribution < 1.29 is 14.3 Å². The summed E-state index contributed by atoms with van der Waals surface area (Å²) in [5, 5.41) is 3.03. The molecule has 2 aromatic rings. The molecule has 0 spiro atoms. The Morgan fingerprint density at radius 2 is 1.33 bits per heavy atom. The molecule has 0 radical (unpaired) electrons. The lowest BCUT2D eigenvalue weighted by molar-refractivity contribution is -0.121. The first-order valence-electron chi connectivity index (χ1n) is 13.9. The summed E-state index contributed by atoms with van der Waals surface area (Å²) in [6, 6.07) is 16.8. The van der Waals surface area contributed by atoms with Gasteiger partial charge in [-0.05, 0) is 49.2 Å². The molecule has 0 bridgehead atoms. The van der Waals surface area contributed by atoms with Gasteiger partial charge in [-0.3, -0.25) is 9.59 Å². The van der Waals surface area contributed by atoms with Gasteiger partial charge in [0.1, 0.15) is 5.75 Å². The van der Waals surface area contributed by atoms with Crippen molar-refractivity contribution in [3.63, 3.8) is 0 Å². The van der Waals surface area contributed by atoms with Gasteiger partial charge in [0.25, 0.3) is 5.91 Å². The number of hydrogen-bond acceptors (Lipinski definition) is 3. The normalized spacial score (nSPS) is 10.7. The number of para-hydroxylation sites is 1. The molecular weight excluding hydrogens is 448 g/mol. The first-order chi connectivity index (χ1) is 17.7. The number of carbonyl (C=O) groups excluding carboxylic acids is 2. The van der Waals surface area contributed by atoms with Crippen LogP contribution < -0.4 is 15.0 Å². The van der Waals surface area contributed by atoms with E-state index in [1.165, 1.54) is 57.8 Å². The molecule has 0 heterocycles. The zero-order chi connectivity index (χ0) is 25.8. The fraction of sp³-hybridized carbons (Fsp3) is 0.548. The molecule has 198 valence electrons. The van der Waals surface area contributed by atoms with Gasteiger partial charge < -0.3 is 15.0 Å². The van der Waals surface area contributed by atoms with E-state index >= 15 is 0 Å². The third-order valence-corrected chi connectivity index (χ3v) is 6.54. The second-order valence-electron chi connectivity index (χ2n) is 9.51. The van der Waals surface area contributed by atoms with E-state index in [4.69, 9.17) is 4.74 Å². The van der Waals surface area contributed by atoms with Crippen molar-refractivity contribution in [2.24, 2.45) is 0 Å². The van der Waals surface area contributed by atoms with E-state index in [1.807, 2.05) is 30.3 Å². The van der Waals surface area contributed by atoms with Gasteiger partial charge in [0.2, 0.25) is 5.91 Å². The fourth-order valence-electron chi connectivity index (χ4n) is 4.35. The zero-order valence-corrected chi connectivity index (χ0v) is 22.5. The average Bonchev–Trinajstić information content (AvgIpc) is 2.92. The number of carbonyl (C=O) groups is 2. The molecule has 2 rings (SSSR count). The molecule has 0 aromatic heterocycles. The largest absolute Gasteiger partial charge is 0.497 e. The average molecular weight is 495 g/mol. The van der Waals surface area contributed by atoms with Gasteiger partial charge in [-0.25, -0.2) is 0 Å². The second-order valence-corrected chi connectivity index (χ2v) is 9.51. The minimum absolute atomic E-state index is 0.0591. The highest BCUT2D eigenvalue weighted by Gasteiger charge is 2.17. The van der Waals surface area contributed by atoms with Crippen molar-refractivity contribution in [3.8, 4) is 5.75 Å². The number of hydrogen-bond donors (Lipinski definition) is 1. The maximum absolute atomic E-state index is 13.2. The Balaban J connectivity index is 1.64. The predicted octanol–water partition coefficient (Wildman–Crippen LogP) is 7.55. The van der Waals surface area contributed by atoms with Gasteiger partial charge in [0, 0.05) is 30.8 Å². The van der Waals surface area contributed by atoms with Crippen LogP contribution in [0.1, 0.15) is 101 Å². The SMILES string of the molecule is CCCCCCCCCCCCCC(=O)NCCCN(C(=O)c1ccc(OC)cc1)c1ccccc1. The highest BCUT2D eigenvalue weighted by molar-refractivity contribution is 6.06. The number of anilines is 1. The highest BCUT2D eigenvalue weighted by Crippen LogP contribution is 2.19. The topological polar surface area (TPSA) is 58.6 Å². The van der Waals surface area contributed by atoms with E-state index in [1.54, 1.807) is 36.3 Å². The maximum Gasteiger partial charge on any atom is 0.258 e. The molecular formula is C31H46N2O3. The summed E-state index contributed by atoms with van der Waals surface area (Å²) in [7, 11) is 1.61. The number of rotatable bonds is 19. The van der Waals surface area contributed by atoms with Crippen LogP contribution in [0.3, 0.4) is 0 Å². The number of ether oxygens (including phenoxy) is 1. The molecule has 0 atom stereocenters. The number of nitrogens with one attached hydrogen (secondary N) is 1. The third kappa shape index (κ3) is 11.7. The molecule has 0 saturated heterocycles. The van der Waals surface area contributed by atoms with Crippen molar-refractivity contribution in [1.29, 1.82) is 0 Å². The Kier molecular flexibility index (Phi) is 15.1. The summed E-state index contributed by atoms with van der Waals surface area (Å²) < 4.78 is 5.20. The summed E-state index contributed by atoms with van der Waals surface area (Å²) in [5.74, 6) is 0.771. The van der Waals surface area contributed by atoms with E-state index in [0.717, 1.165) is 24.3 Å². The van der Waals surface area contributed by atoms with E-state index in [-0.39, 0.29) is 11.8 Å². The van der Waals surface area contributed by atoms with Crippen molar-refractivity contribution in [1.82, 2.24) is 5.32 Å². The van der Waals surface area contributed by atoms with Gasteiger partial charge in [0.15, 0.2) is 0 Å². The summed E-state index contributed by atoms with van der Waals surface area (Å²) in [4.78, 5) is 27.2. The number of benzene rings is 2. The Labute approximate surface area is 218 Å². The maximum atomic E-state index is 13.2. The van der Waals surface area contributed by atoms with Gasteiger partial charge >= 0.3 is 0 Å². The molecule has 5 heteroatoms. The molecule has 0 unspecified atom stereocenters. The third-order valence-electron chi connectivity index (χ3n) is 6.54. The molecule has 2 amide bonds. The van der Waals surface area contributed by atoms with Crippen LogP contribution in [0, 0.1) is 0 Å². The monoisotopic (exact) mass is 494 g/mol. The minimum atomic E-state index is -0.0591. The van der Waals surface area contributed by atoms with E-state index in [2.05, 4.69) is 12.2 Å². The molecule has 36 heavy (non-hydrogen) atoms. The molecule has 2 aromatic carbocycles. The lowest BCUT2D eigenvalue weighted by atomic mass is 10.1. The summed E-state index contributed by atoms with van der Waals surface area (Å²) in [6.45, 7) is 3.36.